The molecule has 0 radical (unpaired) electrons. The average Bonchev–Trinajstić information content (AvgIpc) is 2.60. The van der Waals surface area contributed by atoms with E-state index < -0.39 is 0 Å². The molecule has 0 fully saturated rings. The number of nitrogens with zero attached hydrogens (tertiary/aromatic N) is 1. The van der Waals surface area contributed by atoms with E-state index in [9.17, 15) is 0 Å². The monoisotopic (exact) mass is 246 g/mol. The molecule has 0 aliphatic carbocycles. The molecule has 1 aromatic carbocycles. The molecule has 1 aromatic heterocycles. The van der Waals surface area contributed by atoms with Crippen molar-refractivity contribution in [1.29, 1.82) is 0 Å². The van der Waals surface area contributed by atoms with Gasteiger partial charge in [-0.2, -0.15) is 0 Å². The first-order valence-corrected chi connectivity index (χ1v) is 6.66. The van der Waals surface area contributed by atoms with Crippen LogP contribution in [0.25, 0.3) is 0 Å². The summed E-state index contributed by atoms with van der Waals surface area (Å²) in [6, 6.07) is 8.49. The van der Waals surface area contributed by atoms with E-state index in [-0.39, 0.29) is 0 Å². The molecule has 2 aromatic rings. The van der Waals surface area contributed by atoms with Crippen LogP contribution in [0.4, 0.5) is 0 Å². The fourth-order valence-corrected chi connectivity index (χ4v) is 2.76. The van der Waals surface area contributed by atoms with Crippen molar-refractivity contribution in [2.24, 2.45) is 0 Å². The highest BCUT2D eigenvalue weighted by atomic mass is 32.1. The van der Waals surface area contributed by atoms with Crippen LogP contribution in [0, 0.1) is 20.8 Å². The summed E-state index contributed by atoms with van der Waals surface area (Å²) in [5, 5.41) is 4.63. The van der Waals surface area contributed by atoms with E-state index in [0.29, 0.717) is 0 Å². The first kappa shape index (κ1) is 12.3. The molecule has 2 rings (SSSR count). The van der Waals surface area contributed by atoms with E-state index in [4.69, 9.17) is 0 Å². The normalized spacial score (nSPS) is 10.8. The van der Waals surface area contributed by atoms with Crippen LogP contribution in [0.1, 0.15) is 26.7 Å². The van der Waals surface area contributed by atoms with Gasteiger partial charge in [-0.3, -0.25) is 0 Å². The van der Waals surface area contributed by atoms with Crippen molar-refractivity contribution >= 4 is 11.3 Å². The highest BCUT2D eigenvalue weighted by Crippen LogP contribution is 2.17. The van der Waals surface area contributed by atoms with Gasteiger partial charge in [-0.05, 0) is 31.9 Å². The number of hydrogen-bond donors (Lipinski definition) is 1. The molecule has 90 valence electrons. The topological polar surface area (TPSA) is 24.9 Å². The molecule has 0 saturated heterocycles. The number of hydrogen-bond acceptors (Lipinski definition) is 3. The molecule has 0 aliphatic heterocycles. The lowest BCUT2D eigenvalue weighted by atomic mass is 10.1. The van der Waals surface area contributed by atoms with Crippen molar-refractivity contribution < 1.29 is 0 Å². The molecule has 0 spiro atoms. The Bertz CT molecular complexity index is 503. The minimum absolute atomic E-state index is 0.908. The maximum atomic E-state index is 4.43. The Labute approximate surface area is 107 Å². The van der Waals surface area contributed by atoms with Gasteiger partial charge < -0.3 is 5.32 Å². The summed E-state index contributed by atoms with van der Waals surface area (Å²) in [6.07, 6.45) is 0. The Kier molecular flexibility index (Phi) is 3.92. The minimum atomic E-state index is 0.908. The molecular formula is C14H18N2S. The van der Waals surface area contributed by atoms with Crippen LogP contribution < -0.4 is 5.32 Å². The number of nitrogens with one attached hydrogen (secondary N) is 1. The summed E-state index contributed by atoms with van der Waals surface area (Å²) in [6.45, 7) is 8.12. The van der Waals surface area contributed by atoms with E-state index in [0.717, 1.165) is 23.8 Å². The average molecular weight is 246 g/mol. The van der Waals surface area contributed by atoms with Crippen LogP contribution in [0.5, 0.6) is 0 Å². The first-order chi connectivity index (χ1) is 8.16. The Hall–Kier alpha value is -1.19. The Morgan fingerprint density at radius 1 is 1.12 bits per heavy atom. The van der Waals surface area contributed by atoms with Gasteiger partial charge in [-0.25, -0.2) is 4.98 Å². The first-order valence-electron chi connectivity index (χ1n) is 5.85. The van der Waals surface area contributed by atoms with Gasteiger partial charge >= 0.3 is 0 Å². The molecule has 1 heterocycles. The van der Waals surface area contributed by atoms with Gasteiger partial charge in [-0.15, -0.1) is 11.3 Å². The fourth-order valence-electron chi connectivity index (χ4n) is 1.86. The Balaban J connectivity index is 1.92. The second kappa shape index (κ2) is 5.43. The SMILES string of the molecule is Cc1nc(C)c(CNCc2ccccc2C)s1. The van der Waals surface area contributed by atoms with Crippen LogP contribution in [-0.2, 0) is 13.1 Å². The lowest BCUT2D eigenvalue weighted by molar-refractivity contribution is 0.694. The Morgan fingerprint density at radius 2 is 1.88 bits per heavy atom. The molecule has 0 bridgehead atoms. The minimum Gasteiger partial charge on any atom is -0.308 e. The summed E-state index contributed by atoms with van der Waals surface area (Å²) in [4.78, 5) is 5.78. The van der Waals surface area contributed by atoms with Crippen molar-refractivity contribution in [1.82, 2.24) is 10.3 Å². The predicted molar refractivity (Wildman–Crippen MR) is 73.3 cm³/mol. The van der Waals surface area contributed by atoms with Gasteiger partial charge in [0.05, 0.1) is 10.7 Å². The smallest absolute Gasteiger partial charge is 0.0900 e. The van der Waals surface area contributed by atoms with Crippen molar-refractivity contribution in [3.05, 3.63) is 51.0 Å². The van der Waals surface area contributed by atoms with E-state index >= 15 is 0 Å². The van der Waals surface area contributed by atoms with Gasteiger partial charge in [0, 0.05) is 18.0 Å². The summed E-state index contributed by atoms with van der Waals surface area (Å²) < 4.78 is 0. The maximum Gasteiger partial charge on any atom is 0.0900 e. The van der Waals surface area contributed by atoms with Crippen LogP contribution in [0.15, 0.2) is 24.3 Å². The number of thiazole rings is 1. The van der Waals surface area contributed by atoms with Crippen molar-refractivity contribution in [2.45, 2.75) is 33.9 Å². The van der Waals surface area contributed by atoms with E-state index in [1.54, 1.807) is 11.3 Å². The third kappa shape index (κ3) is 3.14. The zero-order valence-electron chi connectivity index (χ0n) is 10.6. The van der Waals surface area contributed by atoms with E-state index in [2.05, 4.69) is 55.3 Å². The van der Waals surface area contributed by atoms with Gasteiger partial charge in [-0.1, -0.05) is 24.3 Å². The number of aryl methyl sites for hydroxylation is 3. The second-order valence-electron chi connectivity index (χ2n) is 4.27. The molecular weight excluding hydrogens is 228 g/mol. The van der Waals surface area contributed by atoms with Crippen molar-refractivity contribution in [3.63, 3.8) is 0 Å². The molecule has 0 aliphatic rings. The fraction of sp³-hybridized carbons (Fsp3) is 0.357. The summed E-state index contributed by atoms with van der Waals surface area (Å²) in [7, 11) is 0. The Morgan fingerprint density at radius 3 is 2.53 bits per heavy atom. The molecule has 2 nitrogen and oxygen atoms in total. The third-order valence-electron chi connectivity index (χ3n) is 2.86. The van der Waals surface area contributed by atoms with Gasteiger partial charge in [0.2, 0.25) is 0 Å². The quantitative estimate of drug-likeness (QED) is 0.894. The molecule has 0 unspecified atom stereocenters. The molecule has 0 saturated carbocycles. The summed E-state index contributed by atoms with van der Waals surface area (Å²) in [5.74, 6) is 0. The number of rotatable bonds is 4. The molecule has 3 heteroatoms. The van der Waals surface area contributed by atoms with E-state index in [1.165, 1.54) is 16.0 Å². The van der Waals surface area contributed by atoms with Gasteiger partial charge in [0.1, 0.15) is 0 Å². The zero-order chi connectivity index (χ0) is 12.3. The lowest BCUT2D eigenvalue weighted by Gasteiger charge is -2.06. The molecule has 17 heavy (non-hydrogen) atoms. The van der Waals surface area contributed by atoms with Crippen LogP contribution in [0.2, 0.25) is 0 Å². The number of aromatic nitrogens is 1. The predicted octanol–water partition coefficient (Wildman–Crippen LogP) is 3.36. The lowest BCUT2D eigenvalue weighted by Crippen LogP contribution is -2.13. The zero-order valence-corrected chi connectivity index (χ0v) is 11.4. The van der Waals surface area contributed by atoms with Crippen molar-refractivity contribution in [3.8, 4) is 0 Å². The van der Waals surface area contributed by atoms with E-state index in [1.807, 2.05) is 0 Å². The van der Waals surface area contributed by atoms with Crippen LogP contribution in [-0.4, -0.2) is 4.98 Å². The van der Waals surface area contributed by atoms with Crippen molar-refractivity contribution in [2.75, 3.05) is 0 Å². The summed E-state index contributed by atoms with van der Waals surface area (Å²) in [5.41, 5.74) is 3.87. The highest BCUT2D eigenvalue weighted by molar-refractivity contribution is 7.11. The molecule has 0 atom stereocenters. The standard InChI is InChI=1S/C14H18N2S/c1-10-6-4-5-7-13(10)8-15-9-14-11(2)16-12(3)17-14/h4-7,15H,8-9H2,1-3H3. The highest BCUT2D eigenvalue weighted by Gasteiger charge is 2.04. The molecule has 1 N–H and O–H groups in total. The third-order valence-corrected chi connectivity index (χ3v) is 3.93. The number of benzene rings is 1. The van der Waals surface area contributed by atoms with Gasteiger partial charge in [0.25, 0.3) is 0 Å². The molecule has 0 amide bonds. The second-order valence-corrected chi connectivity index (χ2v) is 5.56. The van der Waals surface area contributed by atoms with Gasteiger partial charge in [0.15, 0.2) is 0 Å². The van der Waals surface area contributed by atoms with Crippen LogP contribution >= 0.6 is 11.3 Å². The maximum absolute atomic E-state index is 4.43. The summed E-state index contributed by atoms with van der Waals surface area (Å²) >= 11 is 1.78. The van der Waals surface area contributed by atoms with Crippen LogP contribution in [0.3, 0.4) is 0 Å². The largest absolute Gasteiger partial charge is 0.308 e.